The highest BCUT2D eigenvalue weighted by molar-refractivity contribution is 7.09. The Balaban J connectivity index is 1.41. The number of piperidine rings is 1. The molecule has 2 N–H and O–H groups in total. The van der Waals surface area contributed by atoms with Gasteiger partial charge in [-0.1, -0.05) is 6.07 Å². The monoisotopic (exact) mass is 447 g/mol. The number of carbonyl (C=O) groups excluding carboxylic acids is 3. The SMILES string of the molecule is CCOC(=O)c1cnn(C)c1NC(=O)CN1CCC(C(=O)NCCc2cccs2)CC1. The highest BCUT2D eigenvalue weighted by Crippen LogP contribution is 2.19. The van der Waals surface area contributed by atoms with Gasteiger partial charge in [0, 0.05) is 24.4 Å². The van der Waals surface area contributed by atoms with E-state index in [2.05, 4.69) is 21.8 Å². The van der Waals surface area contributed by atoms with Gasteiger partial charge in [-0.05, 0) is 50.7 Å². The first kappa shape index (κ1) is 23.0. The maximum Gasteiger partial charge on any atom is 0.343 e. The van der Waals surface area contributed by atoms with Gasteiger partial charge in [0.15, 0.2) is 0 Å². The molecule has 0 aliphatic carbocycles. The maximum absolute atomic E-state index is 12.5. The van der Waals surface area contributed by atoms with Crippen LogP contribution in [0.3, 0.4) is 0 Å². The minimum atomic E-state index is -0.517. The van der Waals surface area contributed by atoms with E-state index in [1.807, 2.05) is 16.3 Å². The van der Waals surface area contributed by atoms with E-state index in [4.69, 9.17) is 4.74 Å². The summed E-state index contributed by atoms with van der Waals surface area (Å²) >= 11 is 1.70. The van der Waals surface area contributed by atoms with Crippen LogP contribution in [0.5, 0.6) is 0 Å². The van der Waals surface area contributed by atoms with Crippen molar-refractivity contribution in [2.75, 3.05) is 38.1 Å². The van der Waals surface area contributed by atoms with Crippen molar-refractivity contribution in [2.45, 2.75) is 26.2 Å². The number of rotatable bonds is 9. The number of hydrogen-bond donors (Lipinski definition) is 2. The number of aryl methyl sites for hydroxylation is 1. The Bertz CT molecular complexity index is 888. The van der Waals surface area contributed by atoms with Gasteiger partial charge in [0.25, 0.3) is 0 Å². The van der Waals surface area contributed by atoms with Crippen molar-refractivity contribution >= 4 is 34.9 Å². The number of anilines is 1. The summed E-state index contributed by atoms with van der Waals surface area (Å²) in [5.74, 6) is -0.349. The number of ether oxygens (including phenoxy) is 1. The molecule has 1 aliphatic heterocycles. The quantitative estimate of drug-likeness (QED) is 0.567. The van der Waals surface area contributed by atoms with Crippen molar-refractivity contribution in [3.05, 3.63) is 34.2 Å². The summed E-state index contributed by atoms with van der Waals surface area (Å²) in [6.07, 6.45) is 3.68. The highest BCUT2D eigenvalue weighted by atomic mass is 32.1. The second-order valence-corrected chi connectivity index (χ2v) is 8.50. The number of likely N-dealkylation sites (tertiary alicyclic amines) is 1. The second-order valence-electron chi connectivity index (χ2n) is 7.47. The van der Waals surface area contributed by atoms with Crippen LogP contribution in [0.1, 0.15) is 35.0 Å². The van der Waals surface area contributed by atoms with Crippen LogP contribution in [-0.2, 0) is 27.8 Å². The normalized spacial score (nSPS) is 14.9. The van der Waals surface area contributed by atoms with E-state index in [9.17, 15) is 14.4 Å². The Labute approximate surface area is 185 Å². The number of thiophene rings is 1. The van der Waals surface area contributed by atoms with E-state index in [0.717, 1.165) is 19.3 Å². The number of esters is 1. The first-order valence-electron chi connectivity index (χ1n) is 10.5. The van der Waals surface area contributed by atoms with Crippen molar-refractivity contribution in [3.8, 4) is 0 Å². The third-order valence-electron chi connectivity index (χ3n) is 5.27. The third-order valence-corrected chi connectivity index (χ3v) is 6.20. The van der Waals surface area contributed by atoms with Crippen LogP contribution in [0, 0.1) is 5.92 Å². The van der Waals surface area contributed by atoms with Gasteiger partial charge in [0.1, 0.15) is 11.4 Å². The van der Waals surface area contributed by atoms with Gasteiger partial charge in [0.2, 0.25) is 11.8 Å². The molecular formula is C21H29N5O4S. The van der Waals surface area contributed by atoms with E-state index in [-0.39, 0.29) is 36.4 Å². The summed E-state index contributed by atoms with van der Waals surface area (Å²) in [6.45, 7) is 4.16. The molecule has 10 heteroatoms. The minimum absolute atomic E-state index is 0.0184. The van der Waals surface area contributed by atoms with Crippen LogP contribution in [0.25, 0.3) is 0 Å². The summed E-state index contributed by atoms with van der Waals surface area (Å²) < 4.78 is 6.45. The molecule has 0 spiro atoms. The molecule has 168 valence electrons. The van der Waals surface area contributed by atoms with E-state index >= 15 is 0 Å². The molecule has 2 aromatic heterocycles. The zero-order valence-corrected chi connectivity index (χ0v) is 18.7. The molecule has 1 fully saturated rings. The Morgan fingerprint density at radius 3 is 2.74 bits per heavy atom. The Morgan fingerprint density at radius 2 is 2.06 bits per heavy atom. The second kappa shape index (κ2) is 11.1. The van der Waals surface area contributed by atoms with E-state index in [0.29, 0.717) is 25.5 Å². The standard InChI is InChI=1S/C21H29N5O4S/c1-3-30-21(29)17-13-23-25(2)19(17)24-18(27)14-26-10-7-15(8-11-26)20(28)22-9-6-16-5-4-12-31-16/h4-5,12-13,15H,3,6-11,14H2,1-2H3,(H,22,28)(H,24,27). The molecule has 0 bridgehead atoms. The van der Waals surface area contributed by atoms with Crippen LogP contribution in [0.2, 0.25) is 0 Å². The molecular weight excluding hydrogens is 418 g/mol. The van der Waals surface area contributed by atoms with Crippen LogP contribution < -0.4 is 10.6 Å². The van der Waals surface area contributed by atoms with Crippen molar-refractivity contribution in [2.24, 2.45) is 13.0 Å². The number of amides is 2. The third kappa shape index (κ3) is 6.38. The minimum Gasteiger partial charge on any atom is -0.462 e. The molecule has 2 aromatic rings. The Kier molecular flexibility index (Phi) is 8.19. The molecule has 9 nitrogen and oxygen atoms in total. The molecule has 0 saturated carbocycles. The number of carbonyl (C=O) groups is 3. The van der Waals surface area contributed by atoms with Gasteiger partial charge in [-0.3, -0.25) is 19.2 Å². The predicted octanol–water partition coefficient (Wildman–Crippen LogP) is 1.67. The lowest BCUT2D eigenvalue weighted by molar-refractivity contribution is -0.126. The fourth-order valence-electron chi connectivity index (χ4n) is 3.58. The van der Waals surface area contributed by atoms with Crippen LogP contribution in [-0.4, -0.2) is 65.2 Å². The highest BCUT2D eigenvalue weighted by Gasteiger charge is 2.26. The zero-order chi connectivity index (χ0) is 22.2. The van der Waals surface area contributed by atoms with E-state index in [1.165, 1.54) is 15.8 Å². The lowest BCUT2D eigenvalue weighted by Crippen LogP contribution is -2.43. The van der Waals surface area contributed by atoms with Crippen molar-refractivity contribution < 1.29 is 19.1 Å². The van der Waals surface area contributed by atoms with Gasteiger partial charge in [-0.25, -0.2) is 4.79 Å². The smallest absolute Gasteiger partial charge is 0.343 e. The lowest BCUT2D eigenvalue weighted by atomic mass is 9.96. The number of nitrogens with zero attached hydrogens (tertiary/aromatic N) is 3. The molecule has 1 aliphatic rings. The lowest BCUT2D eigenvalue weighted by Gasteiger charge is -2.30. The number of hydrogen-bond acceptors (Lipinski definition) is 7. The van der Waals surface area contributed by atoms with Crippen LogP contribution >= 0.6 is 11.3 Å². The van der Waals surface area contributed by atoms with Gasteiger partial charge in [0.05, 0.1) is 19.3 Å². The summed E-state index contributed by atoms with van der Waals surface area (Å²) in [6, 6.07) is 4.08. The van der Waals surface area contributed by atoms with Crippen LogP contribution in [0.15, 0.2) is 23.7 Å². The fraction of sp³-hybridized carbons (Fsp3) is 0.524. The molecule has 3 rings (SSSR count). The van der Waals surface area contributed by atoms with E-state index in [1.54, 1.807) is 25.3 Å². The first-order chi connectivity index (χ1) is 15.0. The van der Waals surface area contributed by atoms with Crippen LogP contribution in [0.4, 0.5) is 5.82 Å². The fourth-order valence-corrected chi connectivity index (χ4v) is 4.29. The van der Waals surface area contributed by atoms with Gasteiger partial charge in [-0.15, -0.1) is 11.3 Å². The molecule has 0 atom stereocenters. The topological polar surface area (TPSA) is 106 Å². The average molecular weight is 448 g/mol. The predicted molar refractivity (Wildman–Crippen MR) is 118 cm³/mol. The number of nitrogens with one attached hydrogen (secondary N) is 2. The summed E-state index contributed by atoms with van der Waals surface area (Å²) in [5, 5.41) is 11.9. The molecule has 3 heterocycles. The summed E-state index contributed by atoms with van der Waals surface area (Å²) in [4.78, 5) is 40.2. The van der Waals surface area contributed by atoms with Gasteiger partial charge in [-0.2, -0.15) is 5.10 Å². The summed E-state index contributed by atoms with van der Waals surface area (Å²) in [5.41, 5.74) is 0.232. The largest absolute Gasteiger partial charge is 0.462 e. The molecule has 0 unspecified atom stereocenters. The number of aromatic nitrogens is 2. The van der Waals surface area contributed by atoms with Gasteiger partial charge < -0.3 is 15.4 Å². The molecule has 0 radical (unpaired) electrons. The molecule has 1 saturated heterocycles. The molecule has 31 heavy (non-hydrogen) atoms. The molecule has 0 aromatic carbocycles. The zero-order valence-electron chi connectivity index (χ0n) is 17.9. The Hall–Kier alpha value is -2.72. The summed E-state index contributed by atoms with van der Waals surface area (Å²) in [7, 11) is 1.65. The van der Waals surface area contributed by atoms with Gasteiger partial charge >= 0.3 is 5.97 Å². The average Bonchev–Trinajstić information content (AvgIpc) is 3.39. The first-order valence-corrected chi connectivity index (χ1v) is 11.4. The molecule has 2 amide bonds. The van der Waals surface area contributed by atoms with Crippen molar-refractivity contribution in [1.82, 2.24) is 20.0 Å². The van der Waals surface area contributed by atoms with Crippen molar-refractivity contribution in [3.63, 3.8) is 0 Å². The van der Waals surface area contributed by atoms with E-state index < -0.39 is 5.97 Å². The maximum atomic E-state index is 12.5. The van der Waals surface area contributed by atoms with Crippen molar-refractivity contribution in [1.29, 1.82) is 0 Å². The Morgan fingerprint density at radius 1 is 1.29 bits per heavy atom.